The average Bonchev–Trinajstić information content (AvgIpc) is 2.81. The normalized spacial score (nSPS) is 10.8. The zero-order chi connectivity index (χ0) is 14.8. The molecule has 0 saturated heterocycles. The highest BCUT2D eigenvalue weighted by atomic mass is 16.5. The molecule has 1 aromatic heterocycles. The minimum Gasteiger partial charge on any atom is -0.493 e. The predicted octanol–water partition coefficient (Wildman–Crippen LogP) is 4.07. The summed E-state index contributed by atoms with van der Waals surface area (Å²) in [7, 11) is 3.72. The molecule has 1 heterocycles. The third-order valence-electron chi connectivity index (χ3n) is 3.68. The second kappa shape index (κ2) is 5.52. The number of hydrogen-bond acceptors (Lipinski definition) is 2. The molecule has 0 bridgehead atoms. The summed E-state index contributed by atoms with van der Waals surface area (Å²) in [5.74, 6) is 1.53. The van der Waals surface area contributed by atoms with Gasteiger partial charge in [0.15, 0.2) is 11.5 Å². The molecule has 0 spiro atoms. The van der Waals surface area contributed by atoms with E-state index in [0.717, 1.165) is 11.5 Å². The molecule has 0 atom stereocenters. The van der Waals surface area contributed by atoms with E-state index in [1.54, 1.807) is 7.11 Å². The fourth-order valence-corrected chi connectivity index (χ4v) is 2.60. The summed E-state index contributed by atoms with van der Waals surface area (Å²) >= 11 is 0. The van der Waals surface area contributed by atoms with Gasteiger partial charge in [-0.25, -0.2) is 0 Å². The molecule has 3 nitrogen and oxygen atoms in total. The standard InChI is InChI=1S/C18H19NO2/c1-13-8-9-16-15(10-13)14(11-19(16)2)12-21-18-7-5-4-6-17(18)20-3/h4-11H,12H2,1-3H3. The van der Waals surface area contributed by atoms with E-state index in [2.05, 4.69) is 42.9 Å². The lowest BCUT2D eigenvalue weighted by Gasteiger charge is -2.09. The summed E-state index contributed by atoms with van der Waals surface area (Å²) in [5.41, 5.74) is 3.66. The van der Waals surface area contributed by atoms with Crippen molar-refractivity contribution in [3.63, 3.8) is 0 Å². The van der Waals surface area contributed by atoms with Crippen molar-refractivity contribution in [2.45, 2.75) is 13.5 Å². The van der Waals surface area contributed by atoms with E-state index in [0.29, 0.717) is 6.61 Å². The van der Waals surface area contributed by atoms with Gasteiger partial charge in [0.05, 0.1) is 7.11 Å². The fourth-order valence-electron chi connectivity index (χ4n) is 2.60. The van der Waals surface area contributed by atoms with Crippen LogP contribution in [-0.2, 0) is 13.7 Å². The zero-order valence-corrected chi connectivity index (χ0v) is 12.6. The van der Waals surface area contributed by atoms with Crippen LogP contribution < -0.4 is 9.47 Å². The molecule has 0 aliphatic rings. The van der Waals surface area contributed by atoms with Gasteiger partial charge in [-0.05, 0) is 31.2 Å². The van der Waals surface area contributed by atoms with Gasteiger partial charge in [-0.15, -0.1) is 0 Å². The van der Waals surface area contributed by atoms with Crippen molar-refractivity contribution in [1.82, 2.24) is 4.57 Å². The molecule has 0 fully saturated rings. The smallest absolute Gasteiger partial charge is 0.161 e. The first-order chi connectivity index (χ1) is 10.2. The minimum atomic E-state index is 0.529. The fraction of sp³-hybridized carbons (Fsp3) is 0.222. The number of nitrogens with zero attached hydrogens (tertiary/aromatic N) is 1. The highest BCUT2D eigenvalue weighted by Gasteiger charge is 2.09. The maximum Gasteiger partial charge on any atom is 0.161 e. The Morgan fingerprint density at radius 2 is 1.81 bits per heavy atom. The van der Waals surface area contributed by atoms with Crippen molar-refractivity contribution in [3.8, 4) is 11.5 Å². The van der Waals surface area contributed by atoms with Crippen molar-refractivity contribution < 1.29 is 9.47 Å². The molecule has 3 aromatic rings. The third kappa shape index (κ3) is 2.59. The van der Waals surface area contributed by atoms with Crippen molar-refractivity contribution in [3.05, 3.63) is 59.8 Å². The first kappa shape index (κ1) is 13.6. The third-order valence-corrected chi connectivity index (χ3v) is 3.68. The van der Waals surface area contributed by atoms with Crippen LogP contribution in [0, 0.1) is 6.92 Å². The van der Waals surface area contributed by atoms with Gasteiger partial charge in [-0.2, -0.15) is 0 Å². The molecule has 0 unspecified atom stereocenters. The maximum atomic E-state index is 5.94. The number of hydrogen-bond donors (Lipinski definition) is 0. The Hall–Kier alpha value is -2.42. The highest BCUT2D eigenvalue weighted by Crippen LogP contribution is 2.28. The van der Waals surface area contributed by atoms with Crippen LogP contribution in [0.15, 0.2) is 48.7 Å². The molecule has 0 radical (unpaired) electrons. The Labute approximate surface area is 124 Å². The van der Waals surface area contributed by atoms with Crippen molar-refractivity contribution in [1.29, 1.82) is 0 Å². The Morgan fingerprint density at radius 3 is 2.57 bits per heavy atom. The number of benzene rings is 2. The Kier molecular flexibility index (Phi) is 3.57. The van der Waals surface area contributed by atoms with E-state index in [9.17, 15) is 0 Å². The Bertz CT molecular complexity index is 774. The van der Waals surface area contributed by atoms with Crippen LogP contribution >= 0.6 is 0 Å². The van der Waals surface area contributed by atoms with Gasteiger partial charge >= 0.3 is 0 Å². The van der Waals surface area contributed by atoms with Crippen molar-refractivity contribution in [2.24, 2.45) is 7.05 Å². The molecular formula is C18H19NO2. The molecule has 2 aromatic carbocycles. The summed E-state index contributed by atoms with van der Waals surface area (Å²) in [6, 6.07) is 14.2. The number of aromatic nitrogens is 1. The minimum absolute atomic E-state index is 0.529. The lowest BCUT2D eigenvalue weighted by molar-refractivity contribution is 0.285. The molecular weight excluding hydrogens is 262 g/mol. The van der Waals surface area contributed by atoms with E-state index < -0.39 is 0 Å². The topological polar surface area (TPSA) is 23.4 Å². The van der Waals surface area contributed by atoms with Crippen LogP contribution in [-0.4, -0.2) is 11.7 Å². The molecule has 0 aliphatic carbocycles. The Morgan fingerprint density at radius 1 is 1.05 bits per heavy atom. The highest BCUT2D eigenvalue weighted by molar-refractivity contribution is 5.84. The van der Waals surface area contributed by atoms with Crippen molar-refractivity contribution in [2.75, 3.05) is 7.11 Å². The second-order valence-corrected chi connectivity index (χ2v) is 5.23. The average molecular weight is 281 g/mol. The van der Waals surface area contributed by atoms with Crippen LogP contribution in [0.1, 0.15) is 11.1 Å². The summed E-state index contributed by atoms with van der Waals surface area (Å²) in [6.45, 7) is 2.64. The van der Waals surface area contributed by atoms with E-state index in [1.807, 2.05) is 24.3 Å². The van der Waals surface area contributed by atoms with E-state index in [4.69, 9.17) is 9.47 Å². The molecule has 108 valence electrons. The monoisotopic (exact) mass is 281 g/mol. The number of methoxy groups -OCH3 is 1. The largest absolute Gasteiger partial charge is 0.493 e. The van der Waals surface area contributed by atoms with Gasteiger partial charge in [0.2, 0.25) is 0 Å². The van der Waals surface area contributed by atoms with E-state index >= 15 is 0 Å². The van der Waals surface area contributed by atoms with Crippen LogP contribution in [0.3, 0.4) is 0 Å². The van der Waals surface area contributed by atoms with Crippen LogP contribution in [0.5, 0.6) is 11.5 Å². The summed E-state index contributed by atoms with van der Waals surface area (Å²) in [5, 5.41) is 1.24. The van der Waals surface area contributed by atoms with Gasteiger partial charge in [0, 0.05) is 29.7 Å². The van der Waals surface area contributed by atoms with Gasteiger partial charge in [0.25, 0.3) is 0 Å². The first-order valence-corrected chi connectivity index (χ1v) is 6.99. The molecule has 3 rings (SSSR count). The quantitative estimate of drug-likeness (QED) is 0.719. The first-order valence-electron chi connectivity index (χ1n) is 6.99. The molecule has 0 aliphatic heterocycles. The summed E-state index contributed by atoms with van der Waals surface area (Å²) in [6.07, 6.45) is 2.12. The number of rotatable bonds is 4. The Balaban J connectivity index is 1.90. The van der Waals surface area contributed by atoms with Gasteiger partial charge in [0.1, 0.15) is 6.61 Å². The molecule has 0 saturated carbocycles. The second-order valence-electron chi connectivity index (χ2n) is 5.23. The number of para-hydroxylation sites is 2. The lowest BCUT2D eigenvalue weighted by atomic mass is 10.1. The van der Waals surface area contributed by atoms with Crippen LogP contribution in [0.25, 0.3) is 10.9 Å². The van der Waals surface area contributed by atoms with Crippen LogP contribution in [0.4, 0.5) is 0 Å². The van der Waals surface area contributed by atoms with Crippen molar-refractivity contribution >= 4 is 10.9 Å². The van der Waals surface area contributed by atoms with Gasteiger partial charge in [-0.3, -0.25) is 0 Å². The van der Waals surface area contributed by atoms with Crippen LogP contribution in [0.2, 0.25) is 0 Å². The van der Waals surface area contributed by atoms with Gasteiger partial charge in [-0.1, -0.05) is 23.8 Å². The summed E-state index contributed by atoms with van der Waals surface area (Å²) in [4.78, 5) is 0. The maximum absolute atomic E-state index is 5.94. The lowest BCUT2D eigenvalue weighted by Crippen LogP contribution is -1.97. The number of aryl methyl sites for hydroxylation is 2. The van der Waals surface area contributed by atoms with Gasteiger partial charge < -0.3 is 14.0 Å². The predicted molar refractivity (Wildman–Crippen MR) is 85.0 cm³/mol. The van der Waals surface area contributed by atoms with E-state index in [1.165, 1.54) is 22.0 Å². The molecule has 0 amide bonds. The number of ether oxygens (including phenoxy) is 2. The molecule has 3 heteroatoms. The molecule has 0 N–H and O–H groups in total. The number of fused-ring (bicyclic) bond motifs is 1. The van der Waals surface area contributed by atoms with E-state index in [-0.39, 0.29) is 0 Å². The zero-order valence-electron chi connectivity index (χ0n) is 12.6. The summed E-state index contributed by atoms with van der Waals surface area (Å²) < 4.78 is 13.4. The molecule has 21 heavy (non-hydrogen) atoms. The SMILES string of the molecule is COc1ccccc1OCc1cn(C)c2ccc(C)cc12.